The Morgan fingerprint density at radius 3 is 3.15 bits per heavy atom. The maximum absolute atomic E-state index is 10.6. The highest BCUT2D eigenvalue weighted by atomic mass is 79.9. The third-order valence-corrected chi connectivity index (χ3v) is 3.22. The zero-order valence-corrected chi connectivity index (χ0v) is 9.04. The smallest absolute Gasteiger partial charge is 0.127 e. The first-order valence-corrected chi connectivity index (χ1v) is 5.18. The number of imidazole rings is 1. The lowest BCUT2D eigenvalue weighted by molar-refractivity contribution is -0.111. The molecule has 1 aliphatic heterocycles. The molecule has 0 radical (unpaired) electrons. The molecule has 0 aromatic carbocycles. The van der Waals surface area contributed by atoms with Crippen LogP contribution >= 0.6 is 15.9 Å². The van der Waals surface area contributed by atoms with Crippen LogP contribution in [0.4, 0.5) is 0 Å². The van der Waals surface area contributed by atoms with Gasteiger partial charge in [0.15, 0.2) is 0 Å². The molecule has 0 fully saturated rings. The molecule has 0 spiro atoms. The third-order valence-electron chi connectivity index (χ3n) is 2.59. The average Bonchev–Trinajstić information content (AvgIpc) is 2.42. The lowest BCUT2D eigenvalue weighted by atomic mass is 9.98. The molecule has 2 rings (SSSR count). The van der Waals surface area contributed by atoms with Crippen molar-refractivity contribution in [1.82, 2.24) is 9.55 Å². The number of nitrogens with zero attached hydrogens (tertiary/aromatic N) is 2. The molecular formula is C9H11BrN2O. The maximum Gasteiger partial charge on any atom is 0.127 e. The first-order valence-electron chi connectivity index (χ1n) is 4.39. The van der Waals surface area contributed by atoms with Crippen LogP contribution < -0.4 is 0 Å². The molecule has 2 heterocycles. The highest BCUT2D eigenvalue weighted by Gasteiger charge is 2.22. The van der Waals surface area contributed by atoms with Gasteiger partial charge in [-0.25, -0.2) is 4.98 Å². The first-order chi connectivity index (χ1) is 6.22. The number of fused-ring (bicyclic) bond motifs is 1. The minimum Gasteiger partial charge on any atom is -0.331 e. The lowest BCUT2D eigenvalue weighted by Gasteiger charge is -2.20. The van der Waals surface area contributed by atoms with E-state index in [-0.39, 0.29) is 5.92 Å². The zero-order chi connectivity index (χ0) is 9.42. The minimum absolute atomic E-state index is 0.180. The first kappa shape index (κ1) is 8.94. The molecule has 0 N–H and O–H groups in total. The van der Waals surface area contributed by atoms with E-state index < -0.39 is 0 Å². The Bertz CT molecular complexity index is 346. The van der Waals surface area contributed by atoms with Crippen LogP contribution in [0.3, 0.4) is 0 Å². The van der Waals surface area contributed by atoms with Gasteiger partial charge < -0.3 is 9.36 Å². The monoisotopic (exact) mass is 242 g/mol. The zero-order valence-electron chi connectivity index (χ0n) is 7.46. The van der Waals surface area contributed by atoms with E-state index >= 15 is 0 Å². The van der Waals surface area contributed by atoms with Gasteiger partial charge in [-0.2, -0.15) is 0 Å². The third kappa shape index (κ3) is 1.43. The van der Waals surface area contributed by atoms with Crippen molar-refractivity contribution in [1.29, 1.82) is 0 Å². The fourth-order valence-electron chi connectivity index (χ4n) is 1.83. The highest BCUT2D eigenvalue weighted by molar-refractivity contribution is 9.10. The van der Waals surface area contributed by atoms with E-state index in [9.17, 15) is 4.79 Å². The number of aromatic nitrogens is 2. The van der Waals surface area contributed by atoms with Gasteiger partial charge in [-0.15, -0.1) is 0 Å². The maximum atomic E-state index is 10.6. The van der Waals surface area contributed by atoms with Crippen molar-refractivity contribution in [2.24, 2.45) is 5.92 Å². The average molecular weight is 243 g/mol. The molecule has 1 aliphatic rings. The molecule has 1 aromatic rings. The fourth-order valence-corrected chi connectivity index (χ4v) is 2.46. The Morgan fingerprint density at radius 2 is 2.46 bits per heavy atom. The van der Waals surface area contributed by atoms with E-state index in [0.717, 1.165) is 36.1 Å². The summed E-state index contributed by atoms with van der Waals surface area (Å²) in [6.45, 7) is 2.92. The Kier molecular flexibility index (Phi) is 2.24. The number of aryl methyl sites for hydroxylation is 1. The highest BCUT2D eigenvalue weighted by Crippen LogP contribution is 2.26. The molecule has 0 saturated carbocycles. The van der Waals surface area contributed by atoms with Crippen molar-refractivity contribution in [2.45, 2.75) is 26.3 Å². The van der Waals surface area contributed by atoms with Crippen LogP contribution in [0.15, 0.2) is 4.60 Å². The van der Waals surface area contributed by atoms with E-state index in [1.807, 2.05) is 6.92 Å². The fraction of sp³-hybridized carbons (Fsp3) is 0.556. The number of halogens is 1. The minimum atomic E-state index is 0.180. The Labute approximate surface area is 85.3 Å². The summed E-state index contributed by atoms with van der Waals surface area (Å²) in [6.07, 6.45) is 2.82. The Balaban J connectivity index is 2.38. The predicted octanol–water partition coefficient (Wildman–Crippen LogP) is 1.72. The summed E-state index contributed by atoms with van der Waals surface area (Å²) in [6, 6.07) is 0. The second kappa shape index (κ2) is 3.25. The Morgan fingerprint density at radius 1 is 1.69 bits per heavy atom. The van der Waals surface area contributed by atoms with Crippen molar-refractivity contribution in [3.63, 3.8) is 0 Å². The second-order valence-corrected chi connectivity index (χ2v) is 4.19. The van der Waals surface area contributed by atoms with Gasteiger partial charge in [0, 0.05) is 12.5 Å². The molecule has 0 bridgehead atoms. The van der Waals surface area contributed by atoms with Crippen LogP contribution in [0, 0.1) is 12.8 Å². The van der Waals surface area contributed by atoms with Gasteiger partial charge in [-0.1, -0.05) is 0 Å². The summed E-state index contributed by atoms with van der Waals surface area (Å²) in [5, 5.41) is 0. The normalized spacial score (nSPS) is 21.2. The van der Waals surface area contributed by atoms with Gasteiger partial charge in [-0.05, 0) is 35.7 Å². The van der Waals surface area contributed by atoms with Gasteiger partial charge in [0.2, 0.25) is 0 Å². The number of rotatable bonds is 1. The molecule has 1 atom stereocenters. The summed E-state index contributed by atoms with van der Waals surface area (Å²) >= 11 is 3.41. The molecule has 0 saturated heterocycles. The largest absolute Gasteiger partial charge is 0.331 e. The molecule has 70 valence electrons. The van der Waals surface area contributed by atoms with E-state index in [1.54, 1.807) is 0 Å². The van der Waals surface area contributed by atoms with E-state index in [0.29, 0.717) is 0 Å². The molecule has 13 heavy (non-hydrogen) atoms. The van der Waals surface area contributed by atoms with E-state index in [1.165, 1.54) is 5.69 Å². The van der Waals surface area contributed by atoms with Crippen LogP contribution in [0.5, 0.6) is 0 Å². The van der Waals surface area contributed by atoms with E-state index in [2.05, 4.69) is 25.5 Å². The summed E-state index contributed by atoms with van der Waals surface area (Å²) in [5.74, 6) is 1.21. The number of aldehydes is 1. The van der Waals surface area contributed by atoms with Gasteiger partial charge in [-0.3, -0.25) is 0 Å². The summed E-state index contributed by atoms with van der Waals surface area (Å²) < 4.78 is 3.08. The number of hydrogen-bond donors (Lipinski definition) is 0. The molecule has 4 heteroatoms. The summed E-state index contributed by atoms with van der Waals surface area (Å²) in [4.78, 5) is 15.0. The second-order valence-electron chi connectivity index (χ2n) is 3.44. The van der Waals surface area contributed by atoms with Crippen molar-refractivity contribution in [2.75, 3.05) is 0 Å². The van der Waals surface area contributed by atoms with Crippen molar-refractivity contribution < 1.29 is 4.79 Å². The van der Waals surface area contributed by atoms with E-state index in [4.69, 9.17) is 0 Å². The van der Waals surface area contributed by atoms with Gasteiger partial charge in [0.1, 0.15) is 16.7 Å². The summed E-state index contributed by atoms with van der Waals surface area (Å²) in [7, 11) is 0. The quantitative estimate of drug-likeness (QED) is 0.704. The standard InChI is InChI=1S/C9H11BrN2O/c1-6-11-9(10)8-4-7(5-13)2-3-12(6)8/h5,7H,2-4H2,1H3. The van der Waals surface area contributed by atoms with Crippen LogP contribution in [0.1, 0.15) is 17.9 Å². The predicted molar refractivity (Wildman–Crippen MR) is 52.5 cm³/mol. The van der Waals surface area contributed by atoms with Crippen LogP contribution in [0.25, 0.3) is 0 Å². The van der Waals surface area contributed by atoms with Crippen molar-refractivity contribution in [3.8, 4) is 0 Å². The van der Waals surface area contributed by atoms with Gasteiger partial charge in [0.25, 0.3) is 0 Å². The van der Waals surface area contributed by atoms with Gasteiger partial charge in [0.05, 0.1) is 5.69 Å². The summed E-state index contributed by atoms with van der Waals surface area (Å²) in [5.41, 5.74) is 1.17. The lowest BCUT2D eigenvalue weighted by Crippen LogP contribution is -2.20. The van der Waals surface area contributed by atoms with Crippen LogP contribution in [0.2, 0.25) is 0 Å². The molecule has 1 unspecified atom stereocenters. The molecule has 1 aromatic heterocycles. The number of carbonyl (C=O) groups excluding carboxylic acids is 1. The van der Waals surface area contributed by atoms with Crippen molar-refractivity contribution in [3.05, 3.63) is 16.1 Å². The SMILES string of the molecule is Cc1nc(Br)c2n1CCC(C=O)C2. The molecule has 0 aliphatic carbocycles. The Hall–Kier alpha value is -0.640. The van der Waals surface area contributed by atoms with Crippen molar-refractivity contribution >= 4 is 22.2 Å². The molecule has 3 nitrogen and oxygen atoms in total. The molecular weight excluding hydrogens is 232 g/mol. The van der Waals surface area contributed by atoms with Gasteiger partial charge >= 0.3 is 0 Å². The number of hydrogen-bond acceptors (Lipinski definition) is 2. The number of carbonyl (C=O) groups is 1. The molecule has 0 amide bonds. The topological polar surface area (TPSA) is 34.9 Å². The van der Waals surface area contributed by atoms with Crippen LogP contribution in [-0.4, -0.2) is 15.8 Å². The van der Waals surface area contributed by atoms with Crippen LogP contribution in [-0.2, 0) is 17.8 Å².